The third-order valence-corrected chi connectivity index (χ3v) is 3.70. The van der Waals surface area contributed by atoms with Crippen LogP contribution in [0.15, 0.2) is 24.4 Å². The number of pyridine rings is 1. The van der Waals surface area contributed by atoms with Gasteiger partial charge in [-0.2, -0.15) is 5.26 Å². The molecule has 2 aromatic heterocycles. The van der Waals surface area contributed by atoms with Gasteiger partial charge in [0.05, 0.1) is 6.10 Å². The molecule has 0 amide bonds. The van der Waals surface area contributed by atoms with Crippen LogP contribution in [-0.4, -0.2) is 35.2 Å². The summed E-state index contributed by atoms with van der Waals surface area (Å²) in [7, 11) is 0. The van der Waals surface area contributed by atoms with E-state index in [-0.39, 0.29) is 6.10 Å². The van der Waals surface area contributed by atoms with Crippen molar-refractivity contribution in [3.8, 4) is 6.07 Å². The molecule has 0 saturated carbocycles. The summed E-state index contributed by atoms with van der Waals surface area (Å²) in [6.45, 7) is 4.49. The molecule has 5 heteroatoms. The van der Waals surface area contributed by atoms with Crippen LogP contribution in [0.3, 0.4) is 0 Å². The lowest BCUT2D eigenvalue weighted by atomic mass is 10.1. The van der Waals surface area contributed by atoms with Crippen molar-refractivity contribution in [1.82, 2.24) is 9.38 Å². The molecular formula is C15H18N4O. The summed E-state index contributed by atoms with van der Waals surface area (Å²) in [6.07, 6.45) is 4.28. The first kappa shape index (κ1) is 12.9. The zero-order valence-corrected chi connectivity index (χ0v) is 11.6. The summed E-state index contributed by atoms with van der Waals surface area (Å²) in [5, 5.41) is 9.44. The quantitative estimate of drug-likeness (QED) is 0.858. The molecule has 5 nitrogen and oxygen atoms in total. The molecule has 0 aromatic carbocycles. The number of imidazole rings is 1. The van der Waals surface area contributed by atoms with Gasteiger partial charge in [-0.25, -0.2) is 4.98 Å². The number of aromatic nitrogens is 2. The van der Waals surface area contributed by atoms with Crippen LogP contribution in [0, 0.1) is 11.3 Å². The van der Waals surface area contributed by atoms with Crippen molar-refractivity contribution in [2.45, 2.75) is 25.9 Å². The molecular weight excluding hydrogens is 252 g/mol. The van der Waals surface area contributed by atoms with Gasteiger partial charge in [-0.05, 0) is 31.9 Å². The SMILES string of the molecule is CCO[C@@H]1CCCN(c2nc3ccccn3c2C#N)C1. The fourth-order valence-electron chi connectivity index (χ4n) is 2.81. The number of nitriles is 1. The molecule has 1 aliphatic heterocycles. The van der Waals surface area contributed by atoms with E-state index in [0.717, 1.165) is 44.0 Å². The highest BCUT2D eigenvalue weighted by Gasteiger charge is 2.25. The Morgan fingerprint density at radius 1 is 1.50 bits per heavy atom. The van der Waals surface area contributed by atoms with Gasteiger partial charge in [0.25, 0.3) is 0 Å². The fraction of sp³-hybridized carbons (Fsp3) is 0.467. The van der Waals surface area contributed by atoms with Gasteiger partial charge in [0, 0.05) is 25.9 Å². The molecule has 0 radical (unpaired) electrons. The summed E-state index contributed by atoms with van der Waals surface area (Å²) in [5.74, 6) is 0.781. The van der Waals surface area contributed by atoms with Crippen LogP contribution < -0.4 is 4.90 Å². The smallest absolute Gasteiger partial charge is 0.169 e. The van der Waals surface area contributed by atoms with Crippen LogP contribution in [0.1, 0.15) is 25.5 Å². The van der Waals surface area contributed by atoms with Crippen molar-refractivity contribution in [3.05, 3.63) is 30.1 Å². The Morgan fingerprint density at radius 3 is 3.20 bits per heavy atom. The number of hydrogen-bond acceptors (Lipinski definition) is 4. The molecule has 1 atom stereocenters. The molecule has 104 valence electrons. The maximum Gasteiger partial charge on any atom is 0.169 e. The van der Waals surface area contributed by atoms with Crippen LogP contribution >= 0.6 is 0 Å². The van der Waals surface area contributed by atoms with Crippen LogP contribution in [0.5, 0.6) is 0 Å². The Morgan fingerprint density at radius 2 is 2.40 bits per heavy atom. The topological polar surface area (TPSA) is 53.6 Å². The molecule has 0 bridgehead atoms. The van der Waals surface area contributed by atoms with Crippen LogP contribution in [-0.2, 0) is 4.74 Å². The predicted molar refractivity (Wildman–Crippen MR) is 76.8 cm³/mol. The molecule has 20 heavy (non-hydrogen) atoms. The van der Waals surface area contributed by atoms with Gasteiger partial charge in [0.1, 0.15) is 11.7 Å². The first-order chi connectivity index (χ1) is 9.83. The highest BCUT2D eigenvalue weighted by molar-refractivity contribution is 5.60. The third-order valence-electron chi connectivity index (χ3n) is 3.70. The van der Waals surface area contributed by atoms with Gasteiger partial charge in [0.2, 0.25) is 0 Å². The Kier molecular flexibility index (Phi) is 3.57. The summed E-state index contributed by atoms with van der Waals surface area (Å²) in [5.41, 5.74) is 1.43. The van der Waals surface area contributed by atoms with E-state index >= 15 is 0 Å². The second-order valence-corrected chi connectivity index (χ2v) is 4.99. The molecule has 0 spiro atoms. The fourth-order valence-corrected chi connectivity index (χ4v) is 2.81. The number of ether oxygens (including phenoxy) is 1. The number of fused-ring (bicyclic) bond motifs is 1. The minimum atomic E-state index is 0.241. The van der Waals surface area contributed by atoms with Crippen LogP contribution in [0.4, 0.5) is 5.82 Å². The van der Waals surface area contributed by atoms with E-state index in [1.807, 2.05) is 35.7 Å². The number of rotatable bonds is 3. The van der Waals surface area contributed by atoms with Crippen LogP contribution in [0.25, 0.3) is 5.65 Å². The molecule has 3 rings (SSSR count). The number of nitrogens with zero attached hydrogens (tertiary/aromatic N) is 4. The zero-order chi connectivity index (χ0) is 13.9. The minimum absolute atomic E-state index is 0.241. The highest BCUT2D eigenvalue weighted by atomic mass is 16.5. The lowest BCUT2D eigenvalue weighted by Crippen LogP contribution is -2.40. The summed E-state index contributed by atoms with van der Waals surface area (Å²) < 4.78 is 7.57. The lowest BCUT2D eigenvalue weighted by molar-refractivity contribution is 0.0525. The second-order valence-electron chi connectivity index (χ2n) is 4.99. The first-order valence-electron chi connectivity index (χ1n) is 7.07. The third kappa shape index (κ3) is 2.23. The van der Waals surface area contributed by atoms with E-state index in [1.54, 1.807) is 0 Å². The van der Waals surface area contributed by atoms with Crippen molar-refractivity contribution >= 4 is 11.5 Å². The van der Waals surface area contributed by atoms with E-state index in [1.165, 1.54) is 0 Å². The molecule has 2 aromatic rings. The average Bonchev–Trinajstić information content (AvgIpc) is 2.86. The molecule has 0 aliphatic carbocycles. The number of hydrogen-bond donors (Lipinski definition) is 0. The van der Waals surface area contributed by atoms with E-state index in [4.69, 9.17) is 4.74 Å². The van der Waals surface area contributed by atoms with Gasteiger partial charge >= 0.3 is 0 Å². The van der Waals surface area contributed by atoms with E-state index in [2.05, 4.69) is 16.0 Å². The molecule has 0 unspecified atom stereocenters. The van der Waals surface area contributed by atoms with E-state index < -0.39 is 0 Å². The molecule has 3 heterocycles. The normalized spacial score (nSPS) is 19.2. The Hall–Kier alpha value is -2.06. The summed E-state index contributed by atoms with van der Waals surface area (Å²) in [6, 6.07) is 8.06. The van der Waals surface area contributed by atoms with Gasteiger partial charge in [-0.1, -0.05) is 6.07 Å². The number of anilines is 1. The second kappa shape index (κ2) is 5.51. The van der Waals surface area contributed by atoms with Gasteiger partial charge in [0.15, 0.2) is 11.5 Å². The molecule has 0 N–H and O–H groups in total. The Labute approximate surface area is 118 Å². The largest absolute Gasteiger partial charge is 0.377 e. The molecule has 1 fully saturated rings. The highest BCUT2D eigenvalue weighted by Crippen LogP contribution is 2.25. The van der Waals surface area contributed by atoms with Crippen molar-refractivity contribution < 1.29 is 4.74 Å². The first-order valence-corrected chi connectivity index (χ1v) is 7.07. The minimum Gasteiger partial charge on any atom is -0.377 e. The lowest BCUT2D eigenvalue weighted by Gasteiger charge is -2.32. The maximum atomic E-state index is 9.44. The summed E-state index contributed by atoms with van der Waals surface area (Å²) >= 11 is 0. The van der Waals surface area contributed by atoms with E-state index in [9.17, 15) is 5.26 Å². The van der Waals surface area contributed by atoms with Gasteiger partial charge in [-0.3, -0.25) is 4.40 Å². The standard InChI is InChI=1S/C15H18N4O/c1-2-20-12-6-5-8-18(11-12)15-13(10-16)19-9-4-3-7-14(19)17-15/h3-4,7,9,12H,2,5-6,8,11H2,1H3/t12-/m1/s1. The maximum absolute atomic E-state index is 9.44. The zero-order valence-electron chi connectivity index (χ0n) is 11.6. The van der Waals surface area contributed by atoms with Crippen molar-refractivity contribution in [1.29, 1.82) is 5.26 Å². The Balaban J connectivity index is 1.95. The van der Waals surface area contributed by atoms with Crippen molar-refractivity contribution in [2.75, 3.05) is 24.6 Å². The van der Waals surface area contributed by atoms with Gasteiger partial charge in [-0.15, -0.1) is 0 Å². The summed E-state index contributed by atoms with van der Waals surface area (Å²) in [4.78, 5) is 6.79. The average molecular weight is 270 g/mol. The van der Waals surface area contributed by atoms with Gasteiger partial charge < -0.3 is 9.64 Å². The molecule has 1 saturated heterocycles. The monoisotopic (exact) mass is 270 g/mol. The molecule has 1 aliphatic rings. The number of piperidine rings is 1. The predicted octanol–water partition coefficient (Wildman–Crippen LogP) is 2.21. The van der Waals surface area contributed by atoms with Crippen LogP contribution in [0.2, 0.25) is 0 Å². The van der Waals surface area contributed by atoms with E-state index in [0.29, 0.717) is 5.69 Å². The van der Waals surface area contributed by atoms with Crippen molar-refractivity contribution in [3.63, 3.8) is 0 Å². The Bertz CT molecular complexity index is 641. The van der Waals surface area contributed by atoms with Crippen molar-refractivity contribution in [2.24, 2.45) is 0 Å².